The van der Waals surface area contributed by atoms with Crippen LogP contribution in [0, 0.1) is 0 Å². The third-order valence-electron chi connectivity index (χ3n) is 4.42. The van der Waals surface area contributed by atoms with Crippen LogP contribution in [0.15, 0.2) is 72.8 Å². The van der Waals surface area contributed by atoms with Crippen LogP contribution < -0.4 is 9.64 Å². The molecule has 0 aliphatic carbocycles. The molecule has 0 saturated heterocycles. The molecule has 0 aliphatic rings. The molecule has 1 heterocycles. The van der Waals surface area contributed by atoms with Gasteiger partial charge in [0.25, 0.3) is 5.91 Å². The molecular formula is C23H19ClN2O2S. The highest BCUT2D eigenvalue weighted by Crippen LogP contribution is 2.33. The van der Waals surface area contributed by atoms with Gasteiger partial charge in [0.1, 0.15) is 5.75 Å². The van der Waals surface area contributed by atoms with Gasteiger partial charge in [0.2, 0.25) is 0 Å². The number of carbonyl (C=O) groups excluding carboxylic acids is 1. The first-order valence-corrected chi connectivity index (χ1v) is 10.5. The number of hydrogen-bond acceptors (Lipinski definition) is 4. The Morgan fingerprint density at radius 3 is 2.59 bits per heavy atom. The SMILES string of the molecule is CCOc1ccc2nc(N(Cc3ccccc3)C(=O)c3ccccc3Cl)sc2c1. The van der Waals surface area contributed by atoms with Crippen molar-refractivity contribution in [2.45, 2.75) is 13.5 Å². The first kappa shape index (κ1) is 19.4. The molecule has 0 fully saturated rings. The highest BCUT2D eigenvalue weighted by molar-refractivity contribution is 7.22. The molecule has 3 aromatic carbocycles. The number of hydrogen-bond donors (Lipinski definition) is 0. The van der Waals surface area contributed by atoms with Crippen LogP contribution in [0.25, 0.3) is 10.2 Å². The second-order valence-corrected chi connectivity index (χ2v) is 7.83. The van der Waals surface area contributed by atoms with Gasteiger partial charge in [-0.25, -0.2) is 4.98 Å². The van der Waals surface area contributed by atoms with Crippen molar-refractivity contribution in [3.8, 4) is 5.75 Å². The van der Waals surface area contributed by atoms with E-state index in [1.807, 2.05) is 67.6 Å². The van der Waals surface area contributed by atoms with E-state index in [1.165, 1.54) is 11.3 Å². The molecule has 0 N–H and O–H groups in total. The fraction of sp³-hybridized carbons (Fsp3) is 0.130. The summed E-state index contributed by atoms with van der Waals surface area (Å²) in [4.78, 5) is 19.8. The molecule has 4 nitrogen and oxygen atoms in total. The molecule has 1 amide bonds. The summed E-state index contributed by atoms with van der Waals surface area (Å²) in [6, 6.07) is 22.7. The van der Waals surface area contributed by atoms with E-state index in [4.69, 9.17) is 21.3 Å². The van der Waals surface area contributed by atoms with Crippen LogP contribution in [0.2, 0.25) is 5.02 Å². The predicted molar refractivity (Wildman–Crippen MR) is 119 cm³/mol. The van der Waals surface area contributed by atoms with Crippen LogP contribution in [0.4, 0.5) is 5.13 Å². The van der Waals surface area contributed by atoms with Gasteiger partial charge in [0.15, 0.2) is 5.13 Å². The number of anilines is 1. The highest BCUT2D eigenvalue weighted by atomic mass is 35.5. The van der Waals surface area contributed by atoms with Gasteiger partial charge in [-0.2, -0.15) is 0 Å². The smallest absolute Gasteiger partial charge is 0.261 e. The number of benzene rings is 3. The minimum absolute atomic E-state index is 0.177. The summed E-state index contributed by atoms with van der Waals surface area (Å²) >= 11 is 7.77. The van der Waals surface area contributed by atoms with Gasteiger partial charge in [-0.1, -0.05) is 65.4 Å². The molecule has 0 atom stereocenters. The minimum atomic E-state index is -0.177. The van der Waals surface area contributed by atoms with Crippen molar-refractivity contribution in [2.75, 3.05) is 11.5 Å². The number of thiazole rings is 1. The average molecular weight is 423 g/mol. The molecule has 146 valence electrons. The van der Waals surface area contributed by atoms with Crippen molar-refractivity contribution in [2.24, 2.45) is 0 Å². The number of aromatic nitrogens is 1. The van der Waals surface area contributed by atoms with Crippen LogP contribution in [0.3, 0.4) is 0 Å². The highest BCUT2D eigenvalue weighted by Gasteiger charge is 2.23. The van der Waals surface area contributed by atoms with Crippen LogP contribution in [0.5, 0.6) is 5.75 Å². The molecule has 0 unspecified atom stereocenters. The van der Waals surface area contributed by atoms with Crippen LogP contribution in [0.1, 0.15) is 22.8 Å². The number of amides is 1. The van der Waals surface area contributed by atoms with Crippen molar-refractivity contribution in [1.82, 2.24) is 4.98 Å². The molecule has 0 spiro atoms. The molecule has 29 heavy (non-hydrogen) atoms. The third-order valence-corrected chi connectivity index (χ3v) is 5.79. The molecular weight excluding hydrogens is 404 g/mol. The molecule has 0 radical (unpaired) electrons. The Balaban J connectivity index is 1.76. The first-order valence-electron chi connectivity index (χ1n) is 9.29. The Bertz CT molecular complexity index is 1140. The molecule has 4 rings (SSSR count). The van der Waals surface area contributed by atoms with E-state index in [9.17, 15) is 4.79 Å². The second-order valence-electron chi connectivity index (χ2n) is 6.42. The Hall–Kier alpha value is -2.89. The minimum Gasteiger partial charge on any atom is -0.494 e. The van der Waals surface area contributed by atoms with Gasteiger partial charge in [-0.3, -0.25) is 9.69 Å². The lowest BCUT2D eigenvalue weighted by molar-refractivity contribution is 0.0985. The van der Waals surface area contributed by atoms with E-state index in [1.54, 1.807) is 17.0 Å². The third kappa shape index (κ3) is 4.26. The number of ether oxygens (including phenoxy) is 1. The maximum atomic E-state index is 13.4. The number of nitrogens with zero attached hydrogens (tertiary/aromatic N) is 2. The quantitative estimate of drug-likeness (QED) is 0.371. The van der Waals surface area contributed by atoms with Gasteiger partial charge in [-0.15, -0.1) is 0 Å². The maximum absolute atomic E-state index is 13.4. The summed E-state index contributed by atoms with van der Waals surface area (Å²) < 4.78 is 6.56. The first-order chi connectivity index (χ1) is 14.2. The normalized spacial score (nSPS) is 10.8. The second kappa shape index (κ2) is 8.64. The molecule has 0 saturated carbocycles. The van der Waals surface area contributed by atoms with E-state index >= 15 is 0 Å². The lowest BCUT2D eigenvalue weighted by atomic mass is 10.1. The summed E-state index contributed by atoms with van der Waals surface area (Å²) in [6.07, 6.45) is 0. The summed E-state index contributed by atoms with van der Waals surface area (Å²) in [7, 11) is 0. The molecule has 4 aromatic rings. The molecule has 6 heteroatoms. The average Bonchev–Trinajstić information content (AvgIpc) is 3.16. The Morgan fingerprint density at radius 2 is 1.83 bits per heavy atom. The van der Waals surface area contributed by atoms with Gasteiger partial charge in [0, 0.05) is 0 Å². The monoisotopic (exact) mass is 422 g/mol. The summed E-state index contributed by atoms with van der Waals surface area (Å²) in [5.74, 6) is 0.616. The van der Waals surface area contributed by atoms with Crippen molar-refractivity contribution in [1.29, 1.82) is 0 Å². The molecule has 1 aromatic heterocycles. The zero-order chi connectivity index (χ0) is 20.2. The van der Waals surface area contributed by atoms with E-state index in [-0.39, 0.29) is 5.91 Å². The van der Waals surface area contributed by atoms with Crippen molar-refractivity contribution >= 4 is 44.2 Å². The Kier molecular flexibility index (Phi) is 5.79. The molecule has 0 aliphatic heterocycles. The van der Waals surface area contributed by atoms with Gasteiger partial charge < -0.3 is 4.74 Å². The molecule has 0 bridgehead atoms. The van der Waals surface area contributed by atoms with E-state index in [0.717, 1.165) is 21.5 Å². The summed E-state index contributed by atoms with van der Waals surface area (Å²) in [5.41, 5.74) is 2.31. The van der Waals surface area contributed by atoms with Crippen LogP contribution in [-0.4, -0.2) is 17.5 Å². The lowest BCUT2D eigenvalue weighted by Gasteiger charge is -2.20. The van der Waals surface area contributed by atoms with Gasteiger partial charge in [0.05, 0.1) is 34.0 Å². The fourth-order valence-corrected chi connectivity index (χ4v) is 4.25. The van der Waals surface area contributed by atoms with Crippen LogP contribution >= 0.6 is 22.9 Å². The largest absolute Gasteiger partial charge is 0.494 e. The zero-order valence-corrected chi connectivity index (χ0v) is 17.4. The van der Waals surface area contributed by atoms with Crippen molar-refractivity contribution < 1.29 is 9.53 Å². The standard InChI is InChI=1S/C23H19ClN2O2S/c1-2-28-17-12-13-20-21(14-17)29-23(25-20)26(15-16-8-4-3-5-9-16)22(27)18-10-6-7-11-19(18)24/h3-14H,2,15H2,1H3. The zero-order valence-electron chi connectivity index (χ0n) is 15.8. The lowest BCUT2D eigenvalue weighted by Crippen LogP contribution is -2.30. The van der Waals surface area contributed by atoms with Crippen LogP contribution in [-0.2, 0) is 6.54 Å². The van der Waals surface area contributed by atoms with Gasteiger partial charge >= 0.3 is 0 Å². The fourth-order valence-electron chi connectivity index (χ4n) is 3.04. The Labute approximate surface area is 178 Å². The predicted octanol–water partition coefficient (Wildman–Crippen LogP) is 6.20. The van der Waals surface area contributed by atoms with E-state index in [0.29, 0.717) is 28.9 Å². The van der Waals surface area contributed by atoms with Crippen molar-refractivity contribution in [3.05, 3.63) is 88.9 Å². The van der Waals surface area contributed by atoms with E-state index < -0.39 is 0 Å². The van der Waals surface area contributed by atoms with Crippen molar-refractivity contribution in [3.63, 3.8) is 0 Å². The maximum Gasteiger partial charge on any atom is 0.261 e. The number of carbonyl (C=O) groups is 1. The number of rotatable bonds is 6. The number of fused-ring (bicyclic) bond motifs is 1. The van der Waals surface area contributed by atoms with E-state index in [2.05, 4.69) is 0 Å². The van der Waals surface area contributed by atoms with Gasteiger partial charge in [-0.05, 0) is 42.8 Å². The Morgan fingerprint density at radius 1 is 1.07 bits per heavy atom. The summed E-state index contributed by atoms with van der Waals surface area (Å²) in [5, 5.41) is 1.05. The number of halogens is 1. The summed E-state index contributed by atoms with van der Waals surface area (Å²) in [6.45, 7) is 2.96. The topological polar surface area (TPSA) is 42.4 Å².